The van der Waals surface area contributed by atoms with Crippen molar-refractivity contribution in [1.82, 2.24) is 5.32 Å². The quantitative estimate of drug-likeness (QED) is 0.846. The molecule has 20 heavy (non-hydrogen) atoms. The summed E-state index contributed by atoms with van der Waals surface area (Å²) >= 11 is 1.87. The number of benzene rings is 1. The summed E-state index contributed by atoms with van der Waals surface area (Å²) in [5, 5.41) is 3.81. The first-order valence-electron chi connectivity index (χ1n) is 7.16. The number of hydrogen-bond acceptors (Lipinski definition) is 4. The Labute approximate surface area is 125 Å². The highest BCUT2D eigenvalue weighted by Crippen LogP contribution is 2.40. The third-order valence-corrected chi connectivity index (χ3v) is 5.16. The van der Waals surface area contributed by atoms with Gasteiger partial charge in [0.2, 0.25) is 0 Å². The summed E-state index contributed by atoms with van der Waals surface area (Å²) in [6.45, 7) is 4.92. The van der Waals surface area contributed by atoms with Crippen LogP contribution in [0.5, 0.6) is 0 Å². The van der Waals surface area contributed by atoms with Crippen molar-refractivity contribution >= 4 is 17.7 Å². The molecule has 1 saturated carbocycles. The van der Waals surface area contributed by atoms with Crippen molar-refractivity contribution in [3.63, 3.8) is 0 Å². The van der Waals surface area contributed by atoms with E-state index in [2.05, 4.69) is 36.5 Å². The van der Waals surface area contributed by atoms with E-state index in [4.69, 9.17) is 4.74 Å². The molecule has 0 spiro atoms. The fraction of sp³-hybridized carbons (Fsp3) is 0.562. The Bertz CT molecular complexity index is 460. The number of rotatable bonds is 5. The van der Waals surface area contributed by atoms with Gasteiger partial charge in [0, 0.05) is 10.1 Å². The summed E-state index contributed by atoms with van der Waals surface area (Å²) in [7, 11) is 1.47. The van der Waals surface area contributed by atoms with Crippen LogP contribution in [-0.2, 0) is 9.53 Å². The molecular weight excluding hydrogens is 270 g/mol. The highest BCUT2D eigenvalue weighted by Gasteiger charge is 2.45. The summed E-state index contributed by atoms with van der Waals surface area (Å²) < 4.78 is 4.99. The first-order valence-corrected chi connectivity index (χ1v) is 8.04. The highest BCUT2D eigenvalue weighted by molar-refractivity contribution is 8.00. The number of likely N-dealkylation sites (N-methyl/N-ethyl adjacent to an activating group) is 1. The lowest BCUT2D eigenvalue weighted by atomic mass is 9.98. The number of esters is 1. The van der Waals surface area contributed by atoms with E-state index in [-0.39, 0.29) is 5.97 Å². The molecule has 0 aromatic heterocycles. The fourth-order valence-corrected chi connectivity index (χ4v) is 4.14. The molecule has 2 atom stereocenters. The van der Waals surface area contributed by atoms with Gasteiger partial charge in [-0.25, -0.2) is 0 Å². The van der Waals surface area contributed by atoms with E-state index in [9.17, 15) is 4.79 Å². The zero-order valence-electron chi connectivity index (χ0n) is 12.4. The number of ether oxygens (including phenoxy) is 1. The molecule has 2 unspecified atom stereocenters. The van der Waals surface area contributed by atoms with Crippen LogP contribution >= 0.6 is 11.8 Å². The first-order chi connectivity index (χ1) is 9.59. The predicted octanol–water partition coefficient (Wildman–Crippen LogP) is 3.16. The number of methoxy groups -OCH3 is 1. The Kier molecular flexibility index (Phi) is 5.11. The monoisotopic (exact) mass is 293 g/mol. The molecule has 1 fully saturated rings. The molecule has 1 N–H and O–H groups in total. The minimum Gasteiger partial charge on any atom is -0.468 e. The van der Waals surface area contributed by atoms with Crippen molar-refractivity contribution in [2.45, 2.75) is 48.8 Å². The van der Waals surface area contributed by atoms with Crippen LogP contribution < -0.4 is 5.32 Å². The second-order valence-corrected chi connectivity index (χ2v) is 6.77. The van der Waals surface area contributed by atoms with Gasteiger partial charge < -0.3 is 10.1 Å². The van der Waals surface area contributed by atoms with E-state index in [1.165, 1.54) is 17.6 Å². The number of aryl methyl sites for hydroxylation is 1. The molecule has 110 valence electrons. The van der Waals surface area contributed by atoms with Crippen molar-refractivity contribution in [3.8, 4) is 0 Å². The van der Waals surface area contributed by atoms with E-state index >= 15 is 0 Å². The summed E-state index contributed by atoms with van der Waals surface area (Å²) in [6, 6.07) is 8.58. The average molecular weight is 293 g/mol. The highest BCUT2D eigenvalue weighted by atomic mass is 32.2. The molecule has 4 heteroatoms. The second kappa shape index (κ2) is 6.64. The van der Waals surface area contributed by atoms with E-state index in [1.807, 2.05) is 18.7 Å². The first kappa shape index (κ1) is 15.4. The Hall–Kier alpha value is -1.00. The summed E-state index contributed by atoms with van der Waals surface area (Å²) in [5.41, 5.74) is 0.795. The van der Waals surface area contributed by atoms with Gasteiger partial charge >= 0.3 is 5.97 Å². The minimum atomic E-state index is -0.480. The van der Waals surface area contributed by atoms with Crippen molar-refractivity contribution in [1.29, 1.82) is 0 Å². The Morgan fingerprint density at radius 2 is 2.15 bits per heavy atom. The minimum absolute atomic E-state index is 0.119. The fourth-order valence-electron chi connectivity index (χ4n) is 2.86. The molecular formula is C16H23NO2S. The molecule has 1 aliphatic rings. The number of thioether (sulfide) groups is 1. The third-order valence-electron chi connectivity index (χ3n) is 3.88. The van der Waals surface area contributed by atoms with Crippen LogP contribution in [0.1, 0.15) is 31.7 Å². The molecule has 1 aromatic carbocycles. The van der Waals surface area contributed by atoms with Crippen molar-refractivity contribution in [3.05, 3.63) is 29.8 Å². The third kappa shape index (κ3) is 3.36. The van der Waals surface area contributed by atoms with Crippen LogP contribution in [0.15, 0.2) is 29.2 Å². The normalized spacial score (nSPS) is 25.6. The van der Waals surface area contributed by atoms with Crippen LogP contribution in [0.4, 0.5) is 0 Å². The van der Waals surface area contributed by atoms with Gasteiger partial charge in [-0.05, 0) is 44.9 Å². The smallest absolute Gasteiger partial charge is 0.326 e. The van der Waals surface area contributed by atoms with Crippen LogP contribution in [-0.4, -0.2) is 30.4 Å². The van der Waals surface area contributed by atoms with Crippen LogP contribution in [0.2, 0.25) is 0 Å². The Morgan fingerprint density at radius 3 is 2.75 bits per heavy atom. The van der Waals surface area contributed by atoms with Gasteiger partial charge in [0.25, 0.3) is 0 Å². The lowest BCUT2D eigenvalue weighted by molar-refractivity contribution is -0.148. The second-order valence-electron chi connectivity index (χ2n) is 5.40. The lowest BCUT2D eigenvalue weighted by Crippen LogP contribution is -2.50. The molecule has 0 aliphatic heterocycles. The maximum absolute atomic E-state index is 12.1. The van der Waals surface area contributed by atoms with Crippen LogP contribution in [0.3, 0.4) is 0 Å². The van der Waals surface area contributed by atoms with Gasteiger partial charge in [-0.3, -0.25) is 4.79 Å². The van der Waals surface area contributed by atoms with Crippen LogP contribution in [0.25, 0.3) is 0 Å². The number of hydrogen-bond donors (Lipinski definition) is 1. The van der Waals surface area contributed by atoms with E-state index in [0.717, 1.165) is 25.8 Å². The van der Waals surface area contributed by atoms with Crippen molar-refractivity contribution in [2.75, 3.05) is 13.7 Å². The molecule has 1 aliphatic carbocycles. The molecule has 3 nitrogen and oxygen atoms in total. The maximum Gasteiger partial charge on any atom is 0.326 e. The van der Waals surface area contributed by atoms with Crippen molar-refractivity contribution < 1.29 is 9.53 Å². The van der Waals surface area contributed by atoms with E-state index < -0.39 is 5.54 Å². The molecule has 0 bridgehead atoms. The van der Waals surface area contributed by atoms with Gasteiger partial charge in [-0.15, -0.1) is 11.8 Å². The van der Waals surface area contributed by atoms with Gasteiger partial charge in [0.15, 0.2) is 0 Å². The Morgan fingerprint density at radius 1 is 1.45 bits per heavy atom. The molecule has 2 rings (SSSR count). The summed E-state index contributed by atoms with van der Waals surface area (Å²) in [5.74, 6) is -0.119. The molecule has 0 saturated heterocycles. The average Bonchev–Trinajstić information content (AvgIpc) is 2.85. The Balaban J connectivity index is 2.02. The maximum atomic E-state index is 12.1. The molecule has 0 radical (unpaired) electrons. The van der Waals surface area contributed by atoms with Crippen molar-refractivity contribution in [2.24, 2.45) is 0 Å². The number of nitrogens with one attached hydrogen (secondary N) is 1. The molecule has 1 aromatic rings. The zero-order valence-corrected chi connectivity index (χ0v) is 13.3. The zero-order chi connectivity index (χ0) is 14.6. The number of carbonyl (C=O) groups is 1. The van der Waals surface area contributed by atoms with Gasteiger partial charge in [0.1, 0.15) is 5.54 Å². The SMILES string of the molecule is CCNC1(C(=O)OC)CCC(Sc2ccc(C)cc2)C1. The topological polar surface area (TPSA) is 38.3 Å². The summed E-state index contributed by atoms with van der Waals surface area (Å²) in [6.07, 6.45) is 2.74. The summed E-state index contributed by atoms with van der Waals surface area (Å²) in [4.78, 5) is 13.4. The van der Waals surface area contributed by atoms with E-state index in [0.29, 0.717) is 5.25 Å². The van der Waals surface area contributed by atoms with Gasteiger partial charge in [-0.2, -0.15) is 0 Å². The predicted molar refractivity (Wildman–Crippen MR) is 83.1 cm³/mol. The van der Waals surface area contributed by atoms with Crippen LogP contribution in [0, 0.1) is 6.92 Å². The number of carbonyl (C=O) groups excluding carboxylic acids is 1. The molecule has 0 amide bonds. The largest absolute Gasteiger partial charge is 0.468 e. The standard InChI is InChI=1S/C16H23NO2S/c1-4-17-16(15(18)19-3)10-9-14(11-16)20-13-7-5-12(2)6-8-13/h5-8,14,17H,4,9-11H2,1-3H3. The van der Waals surface area contributed by atoms with E-state index in [1.54, 1.807) is 0 Å². The van der Waals surface area contributed by atoms with Gasteiger partial charge in [-0.1, -0.05) is 24.6 Å². The lowest BCUT2D eigenvalue weighted by Gasteiger charge is -2.27. The van der Waals surface area contributed by atoms with Gasteiger partial charge in [0.05, 0.1) is 7.11 Å². The molecule has 0 heterocycles.